The fourth-order valence-corrected chi connectivity index (χ4v) is 2.20. The van der Waals surface area contributed by atoms with Crippen LogP contribution < -0.4 is 0 Å². The van der Waals surface area contributed by atoms with Gasteiger partial charge in [-0.3, -0.25) is 4.79 Å². The molecule has 0 N–H and O–H groups in total. The van der Waals surface area contributed by atoms with Crippen LogP contribution in [0.15, 0.2) is 12.1 Å². The summed E-state index contributed by atoms with van der Waals surface area (Å²) in [6.45, 7) is 5.74. The highest BCUT2D eigenvalue weighted by Gasteiger charge is 2.10. The minimum atomic E-state index is -1.35. The van der Waals surface area contributed by atoms with Gasteiger partial charge in [0, 0.05) is 5.56 Å². The summed E-state index contributed by atoms with van der Waals surface area (Å²) < 4.78 is 10.6. The maximum Gasteiger partial charge on any atom is 0.216 e. The molecule has 0 spiro atoms. The van der Waals surface area contributed by atoms with Gasteiger partial charge in [-0.2, -0.15) is 0 Å². The van der Waals surface area contributed by atoms with Crippen LogP contribution in [0.3, 0.4) is 0 Å². The van der Waals surface area contributed by atoms with Gasteiger partial charge < -0.3 is 4.57 Å². The molecule has 0 bridgehead atoms. The molecule has 1 aromatic rings. The predicted molar refractivity (Wildman–Crippen MR) is 55.4 cm³/mol. The third-order valence-corrected chi connectivity index (χ3v) is 2.53. The van der Waals surface area contributed by atoms with Gasteiger partial charge in [-0.1, -0.05) is 17.7 Å². The van der Waals surface area contributed by atoms with E-state index in [-0.39, 0.29) is 5.52 Å². The van der Waals surface area contributed by atoms with E-state index in [4.69, 9.17) is 0 Å². The Kier molecular flexibility index (Phi) is 3.05. The van der Waals surface area contributed by atoms with E-state index in [1.807, 2.05) is 32.9 Å². The van der Waals surface area contributed by atoms with Crippen molar-refractivity contribution in [3.05, 3.63) is 34.4 Å². The van der Waals surface area contributed by atoms with E-state index in [0.29, 0.717) is 5.56 Å². The molecule has 0 saturated carbocycles. The number of aryl methyl sites for hydroxylation is 3. The van der Waals surface area contributed by atoms with Crippen molar-refractivity contribution in [3.8, 4) is 0 Å². The van der Waals surface area contributed by atoms with Gasteiger partial charge in [0.1, 0.15) is 8.46 Å². The van der Waals surface area contributed by atoms with Crippen LogP contribution >= 0.6 is 8.46 Å². The van der Waals surface area contributed by atoms with Crippen LogP contribution in [0.2, 0.25) is 0 Å². The first-order valence-corrected chi connectivity index (χ1v) is 5.18. The molecule has 0 radical (unpaired) electrons. The SMILES string of the molecule is Cc1cc(C)c(C(=O)[PH2]=O)c(C)c1. The molecule has 0 amide bonds. The summed E-state index contributed by atoms with van der Waals surface area (Å²) in [5.74, 6) is 0. The summed E-state index contributed by atoms with van der Waals surface area (Å²) in [5.41, 5.74) is 3.38. The van der Waals surface area contributed by atoms with Gasteiger partial charge in [0.2, 0.25) is 5.52 Å². The topological polar surface area (TPSA) is 34.1 Å². The van der Waals surface area contributed by atoms with E-state index in [1.54, 1.807) is 0 Å². The highest BCUT2D eigenvalue weighted by molar-refractivity contribution is 7.47. The van der Waals surface area contributed by atoms with Crippen molar-refractivity contribution in [1.82, 2.24) is 0 Å². The lowest BCUT2D eigenvalue weighted by molar-refractivity contribution is 0.108. The van der Waals surface area contributed by atoms with Crippen LogP contribution in [0.25, 0.3) is 0 Å². The molecule has 1 rings (SSSR count). The minimum Gasteiger partial charge on any atom is -0.322 e. The summed E-state index contributed by atoms with van der Waals surface area (Å²) in [5, 5.41) is 0. The van der Waals surface area contributed by atoms with Crippen LogP contribution in [0.5, 0.6) is 0 Å². The lowest BCUT2D eigenvalue weighted by Crippen LogP contribution is -1.98. The smallest absolute Gasteiger partial charge is 0.216 e. The first-order valence-electron chi connectivity index (χ1n) is 4.13. The Morgan fingerprint density at radius 1 is 1.15 bits per heavy atom. The monoisotopic (exact) mass is 196 g/mol. The van der Waals surface area contributed by atoms with Gasteiger partial charge in [0.05, 0.1) is 0 Å². The van der Waals surface area contributed by atoms with E-state index >= 15 is 0 Å². The fourth-order valence-electron chi connectivity index (χ4n) is 1.63. The van der Waals surface area contributed by atoms with Crippen molar-refractivity contribution in [3.63, 3.8) is 0 Å². The van der Waals surface area contributed by atoms with E-state index in [1.165, 1.54) is 0 Å². The molecule has 13 heavy (non-hydrogen) atoms. The third-order valence-electron chi connectivity index (χ3n) is 2.03. The third kappa shape index (κ3) is 2.07. The van der Waals surface area contributed by atoms with Crippen LogP contribution in [0.1, 0.15) is 27.0 Å². The van der Waals surface area contributed by atoms with E-state index in [2.05, 4.69) is 0 Å². The molecular weight excluding hydrogens is 183 g/mol. The van der Waals surface area contributed by atoms with E-state index < -0.39 is 8.46 Å². The normalized spacial score (nSPS) is 11.0. The summed E-state index contributed by atoms with van der Waals surface area (Å²) >= 11 is 0. The molecule has 2 nitrogen and oxygen atoms in total. The molecule has 0 aliphatic rings. The summed E-state index contributed by atoms with van der Waals surface area (Å²) in [6, 6.07) is 3.88. The van der Waals surface area contributed by atoms with Gasteiger partial charge in [-0.25, -0.2) is 0 Å². The molecule has 0 aromatic heterocycles. The van der Waals surface area contributed by atoms with Crippen molar-refractivity contribution in [1.29, 1.82) is 0 Å². The predicted octanol–water partition coefficient (Wildman–Crippen LogP) is 2.51. The molecule has 0 aliphatic carbocycles. The molecule has 3 heteroatoms. The zero-order valence-electron chi connectivity index (χ0n) is 8.05. The summed E-state index contributed by atoms with van der Waals surface area (Å²) in [4.78, 5) is 11.3. The second kappa shape index (κ2) is 3.89. The van der Waals surface area contributed by atoms with Crippen molar-refractivity contribution in [2.45, 2.75) is 20.8 Å². The van der Waals surface area contributed by atoms with Crippen LogP contribution in [-0.2, 0) is 4.57 Å². The first kappa shape index (κ1) is 10.2. The second-order valence-corrected chi connectivity index (χ2v) is 4.02. The maximum atomic E-state index is 11.3. The molecular formula is C10H13O2P. The highest BCUT2D eigenvalue weighted by atomic mass is 31.1. The van der Waals surface area contributed by atoms with Crippen molar-refractivity contribution >= 4 is 14.0 Å². The van der Waals surface area contributed by atoms with Gasteiger partial charge >= 0.3 is 0 Å². The molecule has 70 valence electrons. The average molecular weight is 196 g/mol. The van der Waals surface area contributed by atoms with Gasteiger partial charge in [-0.05, 0) is 31.9 Å². The molecule has 0 aliphatic heterocycles. The molecule has 1 unspecified atom stereocenters. The number of carbonyl (C=O) groups excluding carboxylic acids is 1. The fraction of sp³-hybridized carbons (Fsp3) is 0.300. The van der Waals surface area contributed by atoms with Crippen LogP contribution in [0, 0.1) is 20.8 Å². The highest BCUT2D eigenvalue weighted by Crippen LogP contribution is 2.20. The quantitative estimate of drug-likeness (QED) is 0.681. The van der Waals surface area contributed by atoms with Gasteiger partial charge in [0.25, 0.3) is 0 Å². The van der Waals surface area contributed by atoms with Crippen molar-refractivity contribution in [2.24, 2.45) is 0 Å². The Hall–Kier alpha value is -0.880. The molecule has 0 fully saturated rings. The summed E-state index contributed by atoms with van der Waals surface area (Å²) in [6.07, 6.45) is 0. The number of benzene rings is 1. The van der Waals surface area contributed by atoms with Crippen molar-refractivity contribution < 1.29 is 9.36 Å². The minimum absolute atomic E-state index is 0.227. The van der Waals surface area contributed by atoms with Gasteiger partial charge in [0.15, 0.2) is 0 Å². The Bertz CT molecular complexity index is 346. The number of hydrogen-bond donors (Lipinski definition) is 0. The van der Waals surface area contributed by atoms with Crippen molar-refractivity contribution in [2.75, 3.05) is 0 Å². The second-order valence-electron chi connectivity index (χ2n) is 3.26. The zero-order valence-corrected chi connectivity index (χ0v) is 9.20. The average Bonchev–Trinajstić information content (AvgIpc) is 2.02. The molecule has 0 heterocycles. The lowest BCUT2D eigenvalue weighted by Gasteiger charge is -2.06. The first-order chi connectivity index (χ1) is 6.06. The van der Waals surface area contributed by atoms with Crippen LogP contribution in [-0.4, -0.2) is 5.52 Å². The molecule has 1 aromatic carbocycles. The Morgan fingerprint density at radius 2 is 1.62 bits per heavy atom. The summed E-state index contributed by atoms with van der Waals surface area (Å²) in [7, 11) is -1.35. The Morgan fingerprint density at radius 3 is 2.00 bits per heavy atom. The van der Waals surface area contributed by atoms with Gasteiger partial charge in [-0.15, -0.1) is 0 Å². The molecule has 1 atom stereocenters. The largest absolute Gasteiger partial charge is 0.322 e. The number of hydrogen-bond acceptors (Lipinski definition) is 2. The number of rotatable bonds is 2. The standard InChI is InChI=1S/C10H13O2P/c1-6-4-7(2)9(8(3)5-6)10(11)13-12/h4-5H,13H2,1-3H3. The van der Waals surface area contributed by atoms with Crippen LogP contribution in [0.4, 0.5) is 0 Å². The Labute approximate surface area is 79.2 Å². The van der Waals surface area contributed by atoms with E-state index in [9.17, 15) is 9.36 Å². The number of carbonyl (C=O) groups is 1. The van der Waals surface area contributed by atoms with E-state index in [0.717, 1.165) is 16.7 Å². The molecule has 0 saturated heterocycles. The lowest BCUT2D eigenvalue weighted by atomic mass is 10.0. The Balaban J connectivity index is 3.36. The maximum absolute atomic E-state index is 11.3. The zero-order chi connectivity index (χ0) is 10.0.